The van der Waals surface area contributed by atoms with Crippen LogP contribution in [-0.4, -0.2) is 24.0 Å². The average molecular weight is 345 g/mol. The van der Waals surface area contributed by atoms with Gasteiger partial charge in [-0.25, -0.2) is 0 Å². The molecule has 0 spiro atoms. The summed E-state index contributed by atoms with van der Waals surface area (Å²) in [7, 11) is 1.87. The summed E-state index contributed by atoms with van der Waals surface area (Å²) in [5.41, 5.74) is 2.03. The zero-order chi connectivity index (χ0) is 18.2. The van der Waals surface area contributed by atoms with Crippen LogP contribution in [0.15, 0.2) is 24.3 Å². The van der Waals surface area contributed by atoms with Crippen LogP contribution in [0.5, 0.6) is 0 Å². The minimum Gasteiger partial charge on any atom is -0.481 e. The number of rotatable bonds is 8. The lowest BCUT2D eigenvalue weighted by molar-refractivity contribution is -0.137. The van der Waals surface area contributed by atoms with E-state index in [0.29, 0.717) is 12.3 Å². The molecule has 1 N–H and O–H groups in total. The maximum absolute atomic E-state index is 13.0. The van der Waals surface area contributed by atoms with Gasteiger partial charge in [0.15, 0.2) is 0 Å². The number of carbonyl (C=O) groups is 2. The minimum absolute atomic E-state index is 0.126. The van der Waals surface area contributed by atoms with E-state index in [9.17, 15) is 9.59 Å². The third kappa shape index (κ3) is 5.58. The summed E-state index contributed by atoms with van der Waals surface area (Å²) in [6, 6.07) is 7.95. The second kappa shape index (κ2) is 9.59. The predicted octanol–water partition coefficient (Wildman–Crippen LogP) is 4.66. The van der Waals surface area contributed by atoms with Gasteiger partial charge in [0.05, 0.1) is 0 Å². The van der Waals surface area contributed by atoms with E-state index < -0.39 is 5.97 Å². The molecular formula is C21H31NO3. The molecule has 1 amide bonds. The van der Waals surface area contributed by atoms with Crippen molar-refractivity contribution in [2.45, 2.75) is 64.7 Å². The van der Waals surface area contributed by atoms with Crippen LogP contribution in [0.25, 0.3) is 0 Å². The number of nitrogens with zero attached hydrogens (tertiary/aromatic N) is 1. The normalized spacial score (nSPS) is 16.4. The minimum atomic E-state index is -0.754. The molecule has 0 aromatic heterocycles. The molecule has 2 rings (SSSR count). The van der Waals surface area contributed by atoms with Gasteiger partial charge in [-0.15, -0.1) is 0 Å². The molecule has 0 bridgehead atoms. The van der Waals surface area contributed by atoms with Gasteiger partial charge in [-0.2, -0.15) is 0 Å². The van der Waals surface area contributed by atoms with Crippen LogP contribution in [-0.2, 0) is 16.0 Å². The third-order valence-electron chi connectivity index (χ3n) is 5.49. The van der Waals surface area contributed by atoms with Gasteiger partial charge in [-0.05, 0) is 55.7 Å². The lowest BCUT2D eigenvalue weighted by Gasteiger charge is -2.31. The predicted molar refractivity (Wildman–Crippen MR) is 101 cm³/mol. The summed E-state index contributed by atoms with van der Waals surface area (Å²) in [6.07, 6.45) is 8.67. The van der Waals surface area contributed by atoms with Crippen LogP contribution in [0.1, 0.15) is 63.9 Å². The Morgan fingerprint density at radius 2 is 1.80 bits per heavy atom. The van der Waals surface area contributed by atoms with E-state index in [1.807, 2.05) is 31.3 Å². The Kier molecular flexibility index (Phi) is 7.48. The van der Waals surface area contributed by atoms with Gasteiger partial charge in [0.25, 0.3) is 0 Å². The number of carboxylic acids is 1. The molecule has 1 aromatic rings. The molecule has 1 atom stereocenters. The first kappa shape index (κ1) is 19.5. The van der Waals surface area contributed by atoms with Gasteiger partial charge < -0.3 is 10.0 Å². The number of amides is 1. The van der Waals surface area contributed by atoms with E-state index in [2.05, 4.69) is 6.92 Å². The maximum Gasteiger partial charge on any atom is 0.303 e. The lowest BCUT2D eigenvalue weighted by Crippen LogP contribution is -2.37. The Morgan fingerprint density at radius 3 is 2.36 bits per heavy atom. The fraction of sp³-hybridized carbons (Fsp3) is 0.619. The maximum atomic E-state index is 13.0. The van der Waals surface area contributed by atoms with Gasteiger partial charge in [0.2, 0.25) is 5.91 Å². The van der Waals surface area contributed by atoms with E-state index in [1.165, 1.54) is 32.1 Å². The molecule has 4 nitrogen and oxygen atoms in total. The SMILES string of the molecule is CCC(C(=O)N(C)c1ccc(CCCC(=O)O)cc1)C1CCCCC1. The Labute approximate surface area is 151 Å². The van der Waals surface area contributed by atoms with Crippen LogP contribution >= 0.6 is 0 Å². The zero-order valence-corrected chi connectivity index (χ0v) is 15.5. The zero-order valence-electron chi connectivity index (χ0n) is 15.5. The molecule has 1 saturated carbocycles. The van der Waals surface area contributed by atoms with E-state index >= 15 is 0 Å². The second-order valence-electron chi connectivity index (χ2n) is 7.22. The van der Waals surface area contributed by atoms with Crippen LogP contribution in [0.4, 0.5) is 5.69 Å². The van der Waals surface area contributed by atoms with E-state index in [4.69, 9.17) is 5.11 Å². The number of carboxylic acid groups (broad SMARTS) is 1. The molecule has 4 heteroatoms. The summed E-state index contributed by atoms with van der Waals surface area (Å²) in [5.74, 6) is 0.132. The van der Waals surface area contributed by atoms with E-state index in [1.54, 1.807) is 4.90 Å². The highest BCUT2D eigenvalue weighted by Crippen LogP contribution is 2.33. The molecule has 1 aromatic carbocycles. The summed E-state index contributed by atoms with van der Waals surface area (Å²) < 4.78 is 0. The largest absolute Gasteiger partial charge is 0.481 e. The van der Waals surface area contributed by atoms with Crippen LogP contribution in [0.3, 0.4) is 0 Å². The van der Waals surface area contributed by atoms with Crippen LogP contribution in [0, 0.1) is 11.8 Å². The van der Waals surface area contributed by atoms with Crippen molar-refractivity contribution in [2.75, 3.05) is 11.9 Å². The van der Waals surface area contributed by atoms with Crippen molar-refractivity contribution >= 4 is 17.6 Å². The smallest absolute Gasteiger partial charge is 0.303 e. The summed E-state index contributed by atoms with van der Waals surface area (Å²) >= 11 is 0. The fourth-order valence-corrected chi connectivity index (χ4v) is 3.95. The fourth-order valence-electron chi connectivity index (χ4n) is 3.95. The number of hydrogen-bond acceptors (Lipinski definition) is 2. The van der Waals surface area contributed by atoms with E-state index in [-0.39, 0.29) is 18.2 Å². The topological polar surface area (TPSA) is 57.6 Å². The molecular weight excluding hydrogens is 314 g/mol. The molecule has 0 radical (unpaired) electrons. The Balaban J connectivity index is 1.96. The first-order chi connectivity index (χ1) is 12.0. The van der Waals surface area contributed by atoms with Crippen molar-refractivity contribution in [1.82, 2.24) is 0 Å². The molecule has 1 aliphatic carbocycles. The average Bonchev–Trinajstić information content (AvgIpc) is 2.63. The van der Waals surface area contributed by atoms with Gasteiger partial charge in [0, 0.05) is 25.1 Å². The number of hydrogen-bond donors (Lipinski definition) is 1. The number of anilines is 1. The molecule has 0 heterocycles. The molecule has 0 aliphatic heterocycles. The summed E-state index contributed by atoms with van der Waals surface area (Å²) in [6.45, 7) is 2.12. The summed E-state index contributed by atoms with van der Waals surface area (Å²) in [4.78, 5) is 25.3. The van der Waals surface area contributed by atoms with E-state index in [0.717, 1.165) is 24.1 Å². The van der Waals surface area contributed by atoms with Gasteiger partial charge in [-0.1, -0.05) is 38.3 Å². The van der Waals surface area contributed by atoms with Gasteiger partial charge in [0.1, 0.15) is 0 Å². The molecule has 1 aliphatic rings. The summed E-state index contributed by atoms with van der Waals surface area (Å²) in [5, 5.41) is 8.71. The number of carbonyl (C=O) groups excluding carboxylic acids is 1. The quantitative estimate of drug-likeness (QED) is 0.745. The number of benzene rings is 1. The Morgan fingerprint density at radius 1 is 1.16 bits per heavy atom. The number of aryl methyl sites for hydroxylation is 1. The van der Waals surface area contributed by atoms with Gasteiger partial charge in [-0.3, -0.25) is 9.59 Å². The third-order valence-corrected chi connectivity index (χ3v) is 5.49. The highest BCUT2D eigenvalue weighted by Gasteiger charge is 2.30. The molecule has 138 valence electrons. The lowest BCUT2D eigenvalue weighted by atomic mass is 9.78. The monoisotopic (exact) mass is 345 g/mol. The highest BCUT2D eigenvalue weighted by molar-refractivity contribution is 5.94. The highest BCUT2D eigenvalue weighted by atomic mass is 16.4. The van der Waals surface area contributed by atoms with Gasteiger partial charge >= 0.3 is 5.97 Å². The van der Waals surface area contributed by atoms with Crippen LogP contribution in [0.2, 0.25) is 0 Å². The van der Waals surface area contributed by atoms with Crippen molar-refractivity contribution in [2.24, 2.45) is 11.8 Å². The van der Waals surface area contributed by atoms with Crippen LogP contribution < -0.4 is 4.90 Å². The van der Waals surface area contributed by atoms with Crippen molar-refractivity contribution in [3.63, 3.8) is 0 Å². The standard InChI is InChI=1S/C21H31NO3/c1-3-19(17-9-5-4-6-10-17)21(25)22(2)18-14-12-16(13-15-18)8-7-11-20(23)24/h12-15,17,19H,3-11H2,1-2H3,(H,23,24). The first-order valence-corrected chi connectivity index (χ1v) is 9.61. The second-order valence-corrected chi connectivity index (χ2v) is 7.22. The molecule has 0 saturated heterocycles. The molecule has 1 unspecified atom stereocenters. The first-order valence-electron chi connectivity index (χ1n) is 9.61. The molecule has 25 heavy (non-hydrogen) atoms. The van der Waals surface area contributed by atoms with Crippen molar-refractivity contribution < 1.29 is 14.7 Å². The van der Waals surface area contributed by atoms with Crippen molar-refractivity contribution in [3.8, 4) is 0 Å². The Bertz CT molecular complexity index is 561. The Hall–Kier alpha value is -1.84. The number of aliphatic carboxylic acids is 1. The molecule has 1 fully saturated rings. The van der Waals surface area contributed by atoms with Crippen molar-refractivity contribution in [1.29, 1.82) is 0 Å². The van der Waals surface area contributed by atoms with Crippen molar-refractivity contribution in [3.05, 3.63) is 29.8 Å².